The number of fused-ring (bicyclic) bond motifs is 1. The Labute approximate surface area is 206 Å². The van der Waals surface area contributed by atoms with Crippen LogP contribution in [0.4, 0.5) is 11.4 Å². The van der Waals surface area contributed by atoms with Crippen molar-refractivity contribution in [3.63, 3.8) is 0 Å². The first-order chi connectivity index (χ1) is 16.4. The molecule has 0 bridgehead atoms. The van der Waals surface area contributed by atoms with Crippen LogP contribution in [0.3, 0.4) is 0 Å². The van der Waals surface area contributed by atoms with E-state index < -0.39 is 5.91 Å². The maximum Gasteiger partial charge on any atom is 0.249 e. The number of carbonyl (C=O) groups is 2. The van der Waals surface area contributed by atoms with Crippen LogP contribution in [0, 0.1) is 0 Å². The maximum atomic E-state index is 13.0. The Balaban J connectivity index is 1.66. The minimum absolute atomic E-state index is 0.146. The van der Waals surface area contributed by atoms with Crippen LogP contribution in [0.1, 0.15) is 11.1 Å². The number of benzodiazepines with no additional fused rings is 1. The number of benzene rings is 3. The largest absolute Gasteiger partial charge is 0.497 e. The normalized spacial score (nSPS) is 13.0. The van der Waals surface area contributed by atoms with E-state index in [4.69, 9.17) is 32.7 Å². The fourth-order valence-electron chi connectivity index (χ4n) is 3.67. The molecule has 0 spiro atoms. The van der Waals surface area contributed by atoms with E-state index in [9.17, 15) is 9.59 Å². The van der Waals surface area contributed by atoms with Gasteiger partial charge in [0.1, 0.15) is 24.6 Å². The van der Waals surface area contributed by atoms with Crippen molar-refractivity contribution < 1.29 is 19.1 Å². The number of aliphatic imine (C=N–C) groups is 1. The number of carbonyl (C=O) groups excluding carboxylic acids is 2. The number of hydrogen-bond acceptors (Lipinski definition) is 5. The van der Waals surface area contributed by atoms with Gasteiger partial charge >= 0.3 is 0 Å². The van der Waals surface area contributed by atoms with Crippen LogP contribution >= 0.6 is 23.2 Å². The molecule has 0 unspecified atom stereocenters. The van der Waals surface area contributed by atoms with Gasteiger partial charge in [-0.1, -0.05) is 41.4 Å². The number of hydrogen-bond donors (Lipinski definition) is 1. The summed E-state index contributed by atoms with van der Waals surface area (Å²) in [6, 6.07) is 17.4. The summed E-state index contributed by atoms with van der Waals surface area (Å²) < 4.78 is 10.5. The smallest absolute Gasteiger partial charge is 0.249 e. The fourth-order valence-corrected chi connectivity index (χ4v) is 4.06. The molecular formula is C25H21Cl2N3O4. The molecule has 0 atom stereocenters. The second-order valence-electron chi connectivity index (χ2n) is 7.44. The quantitative estimate of drug-likeness (QED) is 0.528. The van der Waals surface area contributed by atoms with E-state index >= 15 is 0 Å². The van der Waals surface area contributed by atoms with E-state index in [2.05, 4.69) is 10.3 Å². The highest BCUT2D eigenvalue weighted by atomic mass is 35.5. The first-order valence-corrected chi connectivity index (χ1v) is 11.1. The van der Waals surface area contributed by atoms with Gasteiger partial charge in [0, 0.05) is 45.1 Å². The number of amides is 2. The van der Waals surface area contributed by atoms with Crippen molar-refractivity contribution in [2.24, 2.45) is 4.99 Å². The molecular weight excluding hydrogens is 477 g/mol. The molecule has 0 aromatic heterocycles. The van der Waals surface area contributed by atoms with Gasteiger partial charge in [-0.2, -0.15) is 0 Å². The van der Waals surface area contributed by atoms with Crippen molar-refractivity contribution in [1.29, 1.82) is 0 Å². The highest BCUT2D eigenvalue weighted by molar-refractivity contribution is 6.37. The third-order valence-corrected chi connectivity index (χ3v) is 5.81. The molecule has 0 saturated heterocycles. The van der Waals surface area contributed by atoms with Gasteiger partial charge in [-0.25, -0.2) is 0 Å². The molecule has 3 aromatic rings. The summed E-state index contributed by atoms with van der Waals surface area (Å²) in [4.78, 5) is 31.9. The molecule has 2 amide bonds. The van der Waals surface area contributed by atoms with Crippen LogP contribution in [0.25, 0.3) is 0 Å². The van der Waals surface area contributed by atoms with Crippen molar-refractivity contribution in [2.45, 2.75) is 0 Å². The number of methoxy groups -OCH3 is 2. The Hall–Kier alpha value is -3.55. The van der Waals surface area contributed by atoms with Crippen molar-refractivity contribution in [2.75, 3.05) is 37.5 Å². The van der Waals surface area contributed by atoms with Gasteiger partial charge in [-0.05, 0) is 24.3 Å². The number of halogens is 2. The van der Waals surface area contributed by atoms with Crippen LogP contribution < -0.4 is 19.7 Å². The Kier molecular flexibility index (Phi) is 7.05. The van der Waals surface area contributed by atoms with Gasteiger partial charge in [0.2, 0.25) is 11.8 Å². The highest BCUT2D eigenvalue weighted by Gasteiger charge is 2.28. The molecule has 174 valence electrons. The molecule has 34 heavy (non-hydrogen) atoms. The van der Waals surface area contributed by atoms with Crippen molar-refractivity contribution in [3.8, 4) is 11.5 Å². The zero-order valence-corrected chi connectivity index (χ0v) is 20.0. The van der Waals surface area contributed by atoms with Crippen LogP contribution in [-0.4, -0.2) is 44.8 Å². The summed E-state index contributed by atoms with van der Waals surface area (Å²) in [7, 11) is 3.05. The van der Waals surface area contributed by atoms with E-state index in [-0.39, 0.29) is 19.0 Å². The van der Waals surface area contributed by atoms with E-state index in [1.165, 1.54) is 19.1 Å². The molecule has 1 aliphatic rings. The first kappa shape index (κ1) is 23.6. The molecule has 0 fully saturated rings. The lowest BCUT2D eigenvalue weighted by Crippen LogP contribution is -2.39. The standard InChI is InChI=1S/C25H21Cl2N3O4/c1-33-17-10-16(11-18(12-17)34-2)29-23(31)14-30-22-8-7-15(26)9-20(22)25(28-13-24(30)32)19-5-3-4-6-21(19)27/h3-12H,13-14H2,1-2H3,(H,29,31). The predicted octanol–water partition coefficient (Wildman–Crippen LogP) is 4.83. The number of nitrogens with one attached hydrogen (secondary N) is 1. The average molecular weight is 498 g/mol. The van der Waals surface area contributed by atoms with Crippen molar-refractivity contribution >= 4 is 52.1 Å². The zero-order chi connectivity index (χ0) is 24.2. The monoisotopic (exact) mass is 497 g/mol. The molecule has 1 aliphatic heterocycles. The van der Waals surface area contributed by atoms with Crippen LogP contribution in [0.2, 0.25) is 10.0 Å². The summed E-state index contributed by atoms with van der Waals surface area (Å²) in [5.74, 6) is 0.325. The van der Waals surface area contributed by atoms with Gasteiger partial charge in [0.25, 0.3) is 0 Å². The summed E-state index contributed by atoms with van der Waals surface area (Å²) in [6.07, 6.45) is 0. The molecule has 0 aliphatic carbocycles. The SMILES string of the molecule is COc1cc(NC(=O)CN2C(=O)CN=C(c3ccccc3Cl)c3cc(Cl)ccc32)cc(OC)c1. The summed E-state index contributed by atoms with van der Waals surface area (Å²) in [5, 5.41) is 3.77. The lowest BCUT2D eigenvalue weighted by atomic mass is 10.00. The van der Waals surface area contributed by atoms with E-state index in [0.717, 1.165) is 0 Å². The second kappa shape index (κ2) is 10.2. The third kappa shape index (κ3) is 5.00. The van der Waals surface area contributed by atoms with Crippen molar-refractivity contribution in [1.82, 2.24) is 0 Å². The number of rotatable bonds is 6. The molecule has 0 saturated carbocycles. The minimum atomic E-state index is -0.397. The molecule has 4 rings (SSSR count). The van der Waals surface area contributed by atoms with Gasteiger partial charge < -0.3 is 19.7 Å². The van der Waals surface area contributed by atoms with Crippen LogP contribution in [0.15, 0.2) is 65.7 Å². The highest BCUT2D eigenvalue weighted by Crippen LogP contribution is 2.32. The van der Waals surface area contributed by atoms with Gasteiger partial charge in [0.15, 0.2) is 0 Å². The van der Waals surface area contributed by atoms with Crippen molar-refractivity contribution in [3.05, 3.63) is 81.8 Å². The topological polar surface area (TPSA) is 80.2 Å². The van der Waals surface area contributed by atoms with Gasteiger partial charge in [0.05, 0.1) is 25.6 Å². The van der Waals surface area contributed by atoms with E-state index in [1.54, 1.807) is 42.5 Å². The second-order valence-corrected chi connectivity index (χ2v) is 8.28. The molecule has 1 heterocycles. The average Bonchev–Trinajstić information content (AvgIpc) is 2.95. The summed E-state index contributed by atoms with van der Waals surface area (Å²) in [6.45, 7) is -0.370. The Morgan fingerprint density at radius 1 is 1.00 bits per heavy atom. The number of anilines is 2. The fraction of sp³-hybridized carbons (Fsp3) is 0.160. The molecule has 9 heteroatoms. The zero-order valence-electron chi connectivity index (χ0n) is 18.5. The van der Waals surface area contributed by atoms with Crippen LogP contribution in [0.5, 0.6) is 11.5 Å². The minimum Gasteiger partial charge on any atom is -0.497 e. The van der Waals surface area contributed by atoms with Crippen LogP contribution in [-0.2, 0) is 9.59 Å². The molecule has 1 N–H and O–H groups in total. The molecule has 3 aromatic carbocycles. The van der Waals surface area contributed by atoms with E-state index in [1.807, 2.05) is 18.2 Å². The Bertz CT molecular complexity index is 1270. The summed E-state index contributed by atoms with van der Waals surface area (Å²) >= 11 is 12.7. The van der Waals surface area contributed by atoms with Gasteiger partial charge in [-0.3, -0.25) is 14.6 Å². The Morgan fingerprint density at radius 2 is 1.71 bits per heavy atom. The molecule has 7 nitrogen and oxygen atoms in total. The molecule has 0 radical (unpaired) electrons. The van der Waals surface area contributed by atoms with Gasteiger partial charge in [-0.15, -0.1) is 0 Å². The predicted molar refractivity (Wildman–Crippen MR) is 134 cm³/mol. The third-order valence-electron chi connectivity index (χ3n) is 5.24. The summed E-state index contributed by atoms with van der Waals surface area (Å²) in [5.41, 5.74) is 2.83. The Morgan fingerprint density at radius 3 is 2.38 bits per heavy atom. The number of ether oxygens (including phenoxy) is 2. The maximum absolute atomic E-state index is 13.0. The van der Waals surface area contributed by atoms with E-state index in [0.29, 0.717) is 49.8 Å². The lowest BCUT2D eigenvalue weighted by Gasteiger charge is -2.23. The number of nitrogens with zero attached hydrogens (tertiary/aromatic N) is 2. The lowest BCUT2D eigenvalue weighted by molar-refractivity contribution is -0.120. The first-order valence-electron chi connectivity index (χ1n) is 10.3.